The Morgan fingerprint density at radius 3 is 2.56 bits per heavy atom. The number of benzene rings is 1. The Bertz CT molecular complexity index is 952. The molecule has 1 aromatic heterocycles. The van der Waals surface area contributed by atoms with E-state index < -0.39 is 44.1 Å². The highest BCUT2D eigenvalue weighted by molar-refractivity contribution is 7.90. The van der Waals surface area contributed by atoms with Crippen LogP contribution in [0, 0.1) is 0 Å². The summed E-state index contributed by atoms with van der Waals surface area (Å²) in [4.78, 5) is 3.17. The Balaban J connectivity index is 2.21. The lowest BCUT2D eigenvalue weighted by Gasteiger charge is -2.16. The smallest absolute Gasteiger partial charge is 0.312 e. The van der Waals surface area contributed by atoms with Crippen LogP contribution in [0.5, 0.6) is 11.5 Å². The summed E-state index contributed by atoms with van der Waals surface area (Å²) in [6.07, 6.45) is -2.23. The molecule has 25 heavy (non-hydrogen) atoms. The van der Waals surface area contributed by atoms with Crippen molar-refractivity contribution in [1.29, 1.82) is 0 Å². The van der Waals surface area contributed by atoms with Crippen molar-refractivity contribution < 1.29 is 31.4 Å². The molecule has 0 fully saturated rings. The molecular formula is C15H11ClF3NO4S. The molecule has 134 valence electrons. The van der Waals surface area contributed by atoms with Gasteiger partial charge in [-0.3, -0.25) is 4.98 Å². The summed E-state index contributed by atoms with van der Waals surface area (Å²) in [5.74, 6) is -4.50. The van der Waals surface area contributed by atoms with Crippen LogP contribution in [0.4, 0.5) is 13.2 Å². The Kier molecular flexibility index (Phi) is 4.21. The highest BCUT2D eigenvalue weighted by Crippen LogP contribution is 2.57. The maximum atomic E-state index is 14.3. The monoisotopic (exact) mass is 393 g/mol. The Morgan fingerprint density at radius 2 is 1.96 bits per heavy atom. The van der Waals surface area contributed by atoms with Crippen LogP contribution < -0.4 is 4.74 Å². The quantitative estimate of drug-likeness (QED) is 0.861. The number of rotatable bonds is 3. The van der Waals surface area contributed by atoms with E-state index in [2.05, 4.69) is 4.98 Å². The molecule has 0 spiro atoms. The highest BCUT2D eigenvalue weighted by Gasteiger charge is 2.58. The van der Waals surface area contributed by atoms with E-state index in [9.17, 15) is 26.7 Å². The highest BCUT2D eigenvalue weighted by atomic mass is 35.5. The SMILES string of the molecule is CS(=O)(=O)c1ccc(Oc2cncc(Cl)c2)c2c1C(O)C(F)(F)C2F. The molecule has 1 N–H and O–H groups in total. The number of aliphatic hydroxyl groups excluding tert-OH is 1. The zero-order valence-electron chi connectivity index (χ0n) is 12.6. The summed E-state index contributed by atoms with van der Waals surface area (Å²) in [5, 5.41) is 10.0. The van der Waals surface area contributed by atoms with Gasteiger partial charge in [0.25, 0.3) is 0 Å². The molecule has 3 rings (SSSR count). The normalized spacial score (nSPS) is 21.8. The van der Waals surface area contributed by atoms with E-state index in [4.69, 9.17) is 16.3 Å². The Labute approximate surface area is 145 Å². The molecule has 5 nitrogen and oxygen atoms in total. The third-order valence-electron chi connectivity index (χ3n) is 3.74. The maximum absolute atomic E-state index is 14.3. The Morgan fingerprint density at radius 1 is 1.28 bits per heavy atom. The van der Waals surface area contributed by atoms with E-state index in [-0.39, 0.29) is 16.5 Å². The number of pyridine rings is 1. The molecule has 1 aromatic carbocycles. The summed E-state index contributed by atoms with van der Waals surface area (Å²) in [6.45, 7) is 0. The molecule has 0 bridgehead atoms. The van der Waals surface area contributed by atoms with Gasteiger partial charge in [-0.25, -0.2) is 12.8 Å². The van der Waals surface area contributed by atoms with E-state index in [1.54, 1.807) is 0 Å². The second-order valence-electron chi connectivity index (χ2n) is 5.54. The van der Waals surface area contributed by atoms with Gasteiger partial charge in [0.05, 0.1) is 16.1 Å². The van der Waals surface area contributed by atoms with Gasteiger partial charge >= 0.3 is 5.92 Å². The van der Waals surface area contributed by atoms with Gasteiger partial charge in [-0.05, 0) is 12.1 Å². The molecule has 0 saturated heterocycles. The molecule has 2 unspecified atom stereocenters. The van der Waals surface area contributed by atoms with Crippen LogP contribution in [0.15, 0.2) is 35.5 Å². The summed E-state index contributed by atoms with van der Waals surface area (Å²) in [6, 6.07) is 3.36. The minimum absolute atomic E-state index is 0.0405. The molecule has 0 amide bonds. The first-order valence-electron chi connectivity index (χ1n) is 6.88. The van der Waals surface area contributed by atoms with Crippen LogP contribution in [-0.2, 0) is 9.84 Å². The average Bonchev–Trinajstić information content (AvgIpc) is 2.68. The molecule has 0 aliphatic heterocycles. The van der Waals surface area contributed by atoms with Gasteiger partial charge in [-0.1, -0.05) is 11.6 Å². The summed E-state index contributed by atoms with van der Waals surface area (Å²) in [7, 11) is -3.98. The lowest BCUT2D eigenvalue weighted by Crippen LogP contribution is -2.24. The Hall–Kier alpha value is -1.84. The predicted molar refractivity (Wildman–Crippen MR) is 82.6 cm³/mol. The second kappa shape index (κ2) is 5.86. The van der Waals surface area contributed by atoms with Crippen molar-refractivity contribution in [3.8, 4) is 11.5 Å². The van der Waals surface area contributed by atoms with Gasteiger partial charge in [-0.2, -0.15) is 8.78 Å². The van der Waals surface area contributed by atoms with Gasteiger partial charge in [-0.15, -0.1) is 0 Å². The fraction of sp³-hybridized carbons (Fsp3) is 0.267. The van der Waals surface area contributed by atoms with Crippen LogP contribution in [0.1, 0.15) is 23.4 Å². The topological polar surface area (TPSA) is 76.5 Å². The van der Waals surface area contributed by atoms with Crippen LogP contribution in [0.3, 0.4) is 0 Å². The maximum Gasteiger partial charge on any atom is 0.312 e. The molecule has 0 saturated carbocycles. The van der Waals surface area contributed by atoms with Crippen molar-refractivity contribution in [2.24, 2.45) is 0 Å². The number of aromatic nitrogens is 1. The molecule has 2 atom stereocenters. The minimum atomic E-state index is -4.19. The third kappa shape index (κ3) is 2.96. The molecule has 1 aliphatic rings. The molecule has 1 aliphatic carbocycles. The molecule has 2 aromatic rings. The first kappa shape index (κ1) is 18.0. The third-order valence-corrected chi connectivity index (χ3v) is 5.11. The number of halogens is 4. The van der Waals surface area contributed by atoms with Crippen molar-refractivity contribution in [3.63, 3.8) is 0 Å². The first-order chi connectivity index (χ1) is 11.5. The van der Waals surface area contributed by atoms with Gasteiger partial charge in [0.1, 0.15) is 17.6 Å². The standard InChI is InChI=1S/C15H11ClF3NO4S/c1-25(22,23)10-3-2-9(24-8-4-7(16)5-20-6-8)11-12(10)14(21)15(18,19)13(11)17/h2-6,13-14,21H,1H3. The number of nitrogens with zero attached hydrogens (tertiary/aromatic N) is 1. The van der Waals surface area contributed by atoms with Crippen LogP contribution >= 0.6 is 11.6 Å². The number of hydrogen-bond acceptors (Lipinski definition) is 5. The average molecular weight is 394 g/mol. The fourth-order valence-electron chi connectivity index (χ4n) is 2.65. The van der Waals surface area contributed by atoms with E-state index in [1.807, 2.05) is 0 Å². The van der Waals surface area contributed by atoms with E-state index in [0.717, 1.165) is 18.4 Å². The first-order valence-corrected chi connectivity index (χ1v) is 9.15. The number of sulfone groups is 1. The van der Waals surface area contributed by atoms with E-state index >= 15 is 0 Å². The predicted octanol–water partition coefficient (Wildman–Crippen LogP) is 3.62. The van der Waals surface area contributed by atoms with Crippen LogP contribution in [0.2, 0.25) is 5.02 Å². The second-order valence-corrected chi connectivity index (χ2v) is 7.96. The van der Waals surface area contributed by atoms with E-state index in [1.165, 1.54) is 18.5 Å². The molecule has 0 radical (unpaired) electrons. The number of ether oxygens (including phenoxy) is 1. The molecule has 1 heterocycles. The number of fused-ring (bicyclic) bond motifs is 1. The largest absolute Gasteiger partial charge is 0.455 e. The number of hydrogen-bond donors (Lipinski definition) is 1. The summed E-state index contributed by atoms with van der Waals surface area (Å²) < 4.78 is 71.3. The number of aliphatic hydroxyl groups is 1. The zero-order chi connectivity index (χ0) is 18.6. The fourth-order valence-corrected chi connectivity index (χ4v) is 3.75. The van der Waals surface area contributed by atoms with Gasteiger partial charge < -0.3 is 9.84 Å². The van der Waals surface area contributed by atoms with Crippen LogP contribution in [-0.4, -0.2) is 30.7 Å². The molecule has 10 heteroatoms. The lowest BCUT2D eigenvalue weighted by molar-refractivity contribution is -0.143. The summed E-state index contributed by atoms with van der Waals surface area (Å²) >= 11 is 5.75. The van der Waals surface area contributed by atoms with Crippen molar-refractivity contribution in [1.82, 2.24) is 4.98 Å². The van der Waals surface area contributed by atoms with Gasteiger partial charge in [0.2, 0.25) is 0 Å². The molecular weight excluding hydrogens is 383 g/mol. The van der Waals surface area contributed by atoms with Crippen molar-refractivity contribution in [2.45, 2.75) is 23.1 Å². The van der Waals surface area contributed by atoms with Crippen molar-refractivity contribution in [3.05, 3.63) is 46.7 Å². The summed E-state index contributed by atoms with van der Waals surface area (Å²) in [5.41, 5.74) is -1.41. The zero-order valence-corrected chi connectivity index (χ0v) is 14.2. The number of alkyl halides is 3. The van der Waals surface area contributed by atoms with Crippen molar-refractivity contribution in [2.75, 3.05) is 6.26 Å². The van der Waals surface area contributed by atoms with Crippen LogP contribution in [0.25, 0.3) is 0 Å². The lowest BCUT2D eigenvalue weighted by atomic mass is 10.1. The van der Waals surface area contributed by atoms with Gasteiger partial charge in [0.15, 0.2) is 16.0 Å². The van der Waals surface area contributed by atoms with Crippen molar-refractivity contribution >= 4 is 21.4 Å². The minimum Gasteiger partial charge on any atom is -0.455 e. The van der Waals surface area contributed by atoms with E-state index in [0.29, 0.717) is 0 Å². The van der Waals surface area contributed by atoms with Gasteiger partial charge in [0, 0.05) is 29.6 Å².